The van der Waals surface area contributed by atoms with Gasteiger partial charge in [-0.25, -0.2) is 4.79 Å². The standard InChI is InChI=1S/C19H20N2O4/c1-25-17-11-20-8-6-16(17)18(22)21-9-7-14(12-21)10-13-2-4-15(5-3-13)19(23)24/h2-6,8,11,14H,7,9-10,12H2,1H3,(H,23,24). The van der Waals surface area contributed by atoms with Crippen molar-refractivity contribution in [2.75, 3.05) is 20.2 Å². The molecule has 25 heavy (non-hydrogen) atoms. The van der Waals surface area contributed by atoms with Gasteiger partial charge in [-0.3, -0.25) is 9.78 Å². The van der Waals surface area contributed by atoms with Crippen molar-refractivity contribution < 1.29 is 19.4 Å². The van der Waals surface area contributed by atoms with Gasteiger partial charge in [-0.2, -0.15) is 0 Å². The van der Waals surface area contributed by atoms with E-state index in [0.29, 0.717) is 30.3 Å². The Hall–Kier alpha value is -2.89. The highest BCUT2D eigenvalue weighted by Gasteiger charge is 2.28. The lowest BCUT2D eigenvalue weighted by molar-refractivity contribution is 0.0696. The number of amides is 1. The zero-order valence-corrected chi connectivity index (χ0v) is 14.0. The van der Waals surface area contributed by atoms with E-state index in [0.717, 1.165) is 18.4 Å². The second-order valence-electron chi connectivity index (χ2n) is 6.19. The van der Waals surface area contributed by atoms with Crippen LogP contribution in [0.3, 0.4) is 0 Å². The SMILES string of the molecule is COc1cnccc1C(=O)N1CCC(Cc2ccc(C(=O)O)cc2)C1. The van der Waals surface area contributed by atoms with Gasteiger partial charge in [-0.1, -0.05) is 12.1 Å². The van der Waals surface area contributed by atoms with Gasteiger partial charge in [0.15, 0.2) is 0 Å². The van der Waals surface area contributed by atoms with Crippen LogP contribution in [-0.2, 0) is 6.42 Å². The quantitative estimate of drug-likeness (QED) is 0.904. The van der Waals surface area contributed by atoms with Gasteiger partial charge in [0.2, 0.25) is 0 Å². The minimum atomic E-state index is -0.921. The van der Waals surface area contributed by atoms with Gasteiger partial charge in [0.1, 0.15) is 5.75 Å². The summed E-state index contributed by atoms with van der Waals surface area (Å²) < 4.78 is 5.22. The van der Waals surface area contributed by atoms with Crippen molar-refractivity contribution in [2.45, 2.75) is 12.8 Å². The number of carbonyl (C=O) groups excluding carboxylic acids is 1. The van der Waals surface area contributed by atoms with E-state index < -0.39 is 5.97 Å². The number of aromatic carboxylic acids is 1. The third-order valence-electron chi connectivity index (χ3n) is 4.53. The van der Waals surface area contributed by atoms with E-state index in [2.05, 4.69) is 4.98 Å². The summed E-state index contributed by atoms with van der Waals surface area (Å²) >= 11 is 0. The third-order valence-corrected chi connectivity index (χ3v) is 4.53. The van der Waals surface area contributed by atoms with Gasteiger partial charge in [0.25, 0.3) is 5.91 Å². The molecule has 1 amide bonds. The van der Waals surface area contributed by atoms with E-state index in [1.54, 1.807) is 30.6 Å². The smallest absolute Gasteiger partial charge is 0.335 e. The average molecular weight is 340 g/mol. The zero-order chi connectivity index (χ0) is 17.8. The van der Waals surface area contributed by atoms with E-state index in [1.807, 2.05) is 17.0 Å². The Morgan fingerprint density at radius 1 is 1.28 bits per heavy atom. The normalized spacial score (nSPS) is 16.7. The average Bonchev–Trinajstić information content (AvgIpc) is 3.10. The Morgan fingerprint density at radius 3 is 2.72 bits per heavy atom. The molecule has 6 heteroatoms. The van der Waals surface area contributed by atoms with Crippen molar-refractivity contribution in [3.63, 3.8) is 0 Å². The molecule has 0 saturated carbocycles. The van der Waals surface area contributed by atoms with E-state index in [1.165, 1.54) is 7.11 Å². The topological polar surface area (TPSA) is 79.7 Å². The first-order valence-electron chi connectivity index (χ1n) is 8.18. The molecule has 1 aliphatic rings. The predicted molar refractivity (Wildman–Crippen MR) is 91.9 cm³/mol. The molecule has 6 nitrogen and oxygen atoms in total. The molecule has 2 aromatic rings. The van der Waals surface area contributed by atoms with Crippen molar-refractivity contribution in [3.05, 3.63) is 59.4 Å². The minimum absolute atomic E-state index is 0.0389. The summed E-state index contributed by atoms with van der Waals surface area (Å²) in [7, 11) is 1.53. The fourth-order valence-electron chi connectivity index (χ4n) is 3.19. The minimum Gasteiger partial charge on any atom is -0.494 e. The van der Waals surface area contributed by atoms with Gasteiger partial charge in [0, 0.05) is 19.3 Å². The van der Waals surface area contributed by atoms with Crippen molar-refractivity contribution in [1.29, 1.82) is 0 Å². The van der Waals surface area contributed by atoms with Crippen LogP contribution >= 0.6 is 0 Å². The van der Waals surface area contributed by atoms with Gasteiger partial charge in [-0.05, 0) is 42.5 Å². The molecule has 1 saturated heterocycles. The molecule has 2 heterocycles. The van der Waals surface area contributed by atoms with E-state index in [-0.39, 0.29) is 11.5 Å². The molecule has 1 aromatic heterocycles. The van der Waals surface area contributed by atoms with Crippen LogP contribution in [0.25, 0.3) is 0 Å². The second kappa shape index (κ2) is 7.34. The highest BCUT2D eigenvalue weighted by molar-refractivity contribution is 5.96. The monoisotopic (exact) mass is 340 g/mol. The number of carboxylic acids is 1. The highest BCUT2D eigenvalue weighted by atomic mass is 16.5. The summed E-state index contributed by atoms with van der Waals surface area (Å²) in [5.41, 5.74) is 1.91. The largest absolute Gasteiger partial charge is 0.494 e. The predicted octanol–water partition coefficient (Wildman–Crippen LogP) is 2.49. The number of methoxy groups -OCH3 is 1. The molecule has 1 N–H and O–H groups in total. The molecule has 0 aliphatic carbocycles. The number of benzene rings is 1. The molecule has 3 rings (SSSR count). The number of pyridine rings is 1. The van der Waals surface area contributed by atoms with Crippen molar-refractivity contribution in [3.8, 4) is 5.75 Å². The molecule has 1 fully saturated rings. The summed E-state index contributed by atoms with van der Waals surface area (Å²) in [6.07, 6.45) is 4.90. The molecule has 0 radical (unpaired) electrons. The number of carboxylic acid groups (broad SMARTS) is 1. The van der Waals surface area contributed by atoms with Gasteiger partial charge in [-0.15, -0.1) is 0 Å². The van der Waals surface area contributed by atoms with Gasteiger partial charge < -0.3 is 14.7 Å². The Labute approximate surface area is 146 Å². The van der Waals surface area contributed by atoms with Crippen LogP contribution in [0.4, 0.5) is 0 Å². The number of hydrogen-bond acceptors (Lipinski definition) is 4. The number of carbonyl (C=O) groups is 2. The number of rotatable bonds is 5. The number of likely N-dealkylation sites (tertiary alicyclic amines) is 1. The van der Waals surface area contributed by atoms with Gasteiger partial charge in [0.05, 0.1) is 24.4 Å². The zero-order valence-electron chi connectivity index (χ0n) is 14.0. The number of hydrogen-bond donors (Lipinski definition) is 1. The maximum Gasteiger partial charge on any atom is 0.335 e. The van der Waals surface area contributed by atoms with Crippen molar-refractivity contribution in [1.82, 2.24) is 9.88 Å². The molecule has 1 atom stereocenters. The van der Waals surface area contributed by atoms with Crippen LogP contribution in [0.1, 0.15) is 32.7 Å². The fraction of sp³-hybridized carbons (Fsp3) is 0.316. The Balaban J connectivity index is 1.63. The first-order valence-corrected chi connectivity index (χ1v) is 8.18. The fourth-order valence-corrected chi connectivity index (χ4v) is 3.19. The summed E-state index contributed by atoms with van der Waals surface area (Å²) in [6.45, 7) is 1.40. The van der Waals surface area contributed by atoms with E-state index >= 15 is 0 Å². The van der Waals surface area contributed by atoms with Crippen LogP contribution in [0.15, 0.2) is 42.7 Å². The first-order chi connectivity index (χ1) is 12.1. The van der Waals surface area contributed by atoms with Crippen molar-refractivity contribution >= 4 is 11.9 Å². The van der Waals surface area contributed by atoms with Crippen LogP contribution in [-0.4, -0.2) is 47.1 Å². The maximum absolute atomic E-state index is 12.7. The third kappa shape index (κ3) is 3.79. The maximum atomic E-state index is 12.7. The molecule has 0 spiro atoms. The van der Waals surface area contributed by atoms with Crippen LogP contribution in [0.5, 0.6) is 5.75 Å². The summed E-state index contributed by atoms with van der Waals surface area (Å²) in [6, 6.07) is 8.62. The molecular weight excluding hydrogens is 320 g/mol. The Morgan fingerprint density at radius 2 is 2.04 bits per heavy atom. The lowest BCUT2D eigenvalue weighted by Crippen LogP contribution is -2.29. The number of ether oxygens (including phenoxy) is 1. The molecule has 130 valence electrons. The lowest BCUT2D eigenvalue weighted by Gasteiger charge is -2.18. The number of aromatic nitrogens is 1. The van der Waals surface area contributed by atoms with Crippen LogP contribution in [0.2, 0.25) is 0 Å². The highest BCUT2D eigenvalue weighted by Crippen LogP contribution is 2.25. The summed E-state index contributed by atoms with van der Waals surface area (Å²) in [5.74, 6) is -0.105. The second-order valence-corrected chi connectivity index (χ2v) is 6.19. The van der Waals surface area contributed by atoms with Gasteiger partial charge >= 0.3 is 5.97 Å². The summed E-state index contributed by atoms with van der Waals surface area (Å²) in [5, 5.41) is 8.95. The molecule has 1 aromatic carbocycles. The van der Waals surface area contributed by atoms with Crippen molar-refractivity contribution in [2.24, 2.45) is 5.92 Å². The van der Waals surface area contributed by atoms with Crippen LogP contribution < -0.4 is 4.74 Å². The number of nitrogens with zero attached hydrogens (tertiary/aromatic N) is 2. The summed E-state index contributed by atoms with van der Waals surface area (Å²) in [4.78, 5) is 29.4. The molecular formula is C19H20N2O4. The van der Waals surface area contributed by atoms with Crippen LogP contribution in [0, 0.1) is 5.92 Å². The molecule has 1 aliphatic heterocycles. The molecule has 1 unspecified atom stereocenters. The Kier molecular flexibility index (Phi) is 4.97. The Bertz CT molecular complexity index is 773. The molecule has 0 bridgehead atoms. The van der Waals surface area contributed by atoms with E-state index in [9.17, 15) is 9.59 Å². The lowest BCUT2D eigenvalue weighted by atomic mass is 9.98. The first kappa shape index (κ1) is 17.0. The van der Waals surface area contributed by atoms with E-state index in [4.69, 9.17) is 9.84 Å².